The van der Waals surface area contributed by atoms with E-state index in [2.05, 4.69) is 9.55 Å². The van der Waals surface area contributed by atoms with E-state index >= 15 is 0 Å². The fourth-order valence-electron chi connectivity index (χ4n) is 2.79. The Morgan fingerprint density at radius 3 is 2.75 bits per heavy atom. The summed E-state index contributed by atoms with van der Waals surface area (Å²) in [5.74, 6) is 0.711. The quantitative estimate of drug-likeness (QED) is 0.573. The van der Waals surface area contributed by atoms with Crippen LogP contribution in [-0.2, 0) is 6.54 Å². The van der Waals surface area contributed by atoms with Gasteiger partial charge in [-0.1, -0.05) is 31.2 Å². The number of aromatic nitrogens is 2. The fraction of sp³-hybridized carbons (Fsp3) is 0.278. The summed E-state index contributed by atoms with van der Waals surface area (Å²) in [5, 5.41) is 11.2. The number of rotatable bonds is 5. The summed E-state index contributed by atoms with van der Waals surface area (Å²) in [6.07, 6.45) is 0.847. The summed E-state index contributed by atoms with van der Waals surface area (Å²) in [6, 6.07) is 13.0. The van der Waals surface area contributed by atoms with Gasteiger partial charge in [-0.15, -0.1) is 0 Å². The number of nitro groups is 1. The van der Waals surface area contributed by atoms with E-state index in [-0.39, 0.29) is 16.7 Å². The molecule has 1 aromatic heterocycles. The van der Waals surface area contributed by atoms with Crippen LogP contribution in [-0.4, -0.2) is 20.5 Å². The molecule has 124 valence electrons. The maximum atomic E-state index is 11.2. The first-order valence-corrected chi connectivity index (χ1v) is 7.97. The zero-order valence-electron chi connectivity index (χ0n) is 13.8. The Morgan fingerprint density at radius 1 is 1.29 bits per heavy atom. The lowest BCUT2D eigenvalue weighted by atomic mass is 10.1. The van der Waals surface area contributed by atoms with E-state index in [0.717, 1.165) is 23.0 Å². The van der Waals surface area contributed by atoms with E-state index in [9.17, 15) is 10.1 Å². The lowest BCUT2D eigenvalue weighted by Crippen LogP contribution is -2.25. The van der Waals surface area contributed by atoms with Crippen LogP contribution in [0.3, 0.4) is 0 Å². The average molecular weight is 324 g/mol. The van der Waals surface area contributed by atoms with E-state index in [4.69, 9.17) is 5.73 Å². The topological polar surface area (TPSA) is 87.0 Å². The highest BCUT2D eigenvalue weighted by Gasteiger charge is 2.18. The zero-order valence-corrected chi connectivity index (χ0v) is 13.8. The molecule has 3 aromatic rings. The van der Waals surface area contributed by atoms with E-state index in [1.165, 1.54) is 0 Å². The molecule has 0 fully saturated rings. The second kappa shape index (κ2) is 6.41. The number of benzene rings is 2. The largest absolute Gasteiger partial charge is 0.326 e. The second-order valence-corrected chi connectivity index (χ2v) is 5.96. The van der Waals surface area contributed by atoms with E-state index in [0.29, 0.717) is 17.9 Å². The third-order valence-electron chi connectivity index (χ3n) is 4.26. The van der Waals surface area contributed by atoms with Crippen molar-refractivity contribution in [3.63, 3.8) is 0 Å². The number of nitrogens with two attached hydrogens (primary N) is 1. The Bertz CT molecular complexity index is 901. The minimum Gasteiger partial charge on any atom is -0.326 e. The maximum absolute atomic E-state index is 11.2. The first kappa shape index (κ1) is 16.1. The summed E-state index contributed by atoms with van der Waals surface area (Å²) >= 11 is 0. The van der Waals surface area contributed by atoms with Crippen LogP contribution in [0.5, 0.6) is 0 Å². The molecule has 1 heterocycles. The van der Waals surface area contributed by atoms with Crippen LogP contribution in [0.2, 0.25) is 0 Å². The Labute approximate surface area is 140 Å². The first-order valence-electron chi connectivity index (χ1n) is 7.97. The number of fused-ring (bicyclic) bond motifs is 1. The molecular weight excluding hydrogens is 304 g/mol. The molecule has 0 saturated carbocycles. The van der Waals surface area contributed by atoms with Crippen LogP contribution < -0.4 is 5.73 Å². The molecule has 6 heteroatoms. The van der Waals surface area contributed by atoms with Crippen molar-refractivity contribution in [3.05, 3.63) is 58.1 Å². The monoisotopic (exact) mass is 324 g/mol. The molecule has 1 unspecified atom stereocenters. The average Bonchev–Trinajstić information content (AvgIpc) is 2.93. The molecular formula is C18H20N4O2. The Hall–Kier alpha value is -2.73. The van der Waals surface area contributed by atoms with E-state index in [1.54, 1.807) is 19.1 Å². The van der Waals surface area contributed by atoms with Gasteiger partial charge in [0.2, 0.25) is 0 Å². The van der Waals surface area contributed by atoms with Gasteiger partial charge < -0.3 is 10.3 Å². The molecule has 0 aliphatic heterocycles. The number of hydrogen-bond acceptors (Lipinski definition) is 4. The molecule has 0 radical (unpaired) electrons. The molecule has 0 saturated heterocycles. The number of aryl methyl sites for hydroxylation is 1. The molecule has 3 rings (SSSR count). The molecule has 2 N–H and O–H groups in total. The summed E-state index contributed by atoms with van der Waals surface area (Å²) in [5.41, 5.74) is 9.46. The Morgan fingerprint density at radius 2 is 2.04 bits per heavy atom. The van der Waals surface area contributed by atoms with Crippen LogP contribution in [0, 0.1) is 17.0 Å². The van der Waals surface area contributed by atoms with Gasteiger partial charge in [0.05, 0.1) is 16.0 Å². The lowest BCUT2D eigenvalue weighted by molar-refractivity contribution is -0.385. The van der Waals surface area contributed by atoms with Crippen LogP contribution in [0.4, 0.5) is 5.69 Å². The fourth-order valence-corrected chi connectivity index (χ4v) is 2.79. The van der Waals surface area contributed by atoms with Crippen LogP contribution in [0.25, 0.3) is 22.4 Å². The second-order valence-electron chi connectivity index (χ2n) is 5.96. The third kappa shape index (κ3) is 2.88. The maximum Gasteiger partial charge on any atom is 0.273 e. The van der Waals surface area contributed by atoms with Crippen LogP contribution in [0.1, 0.15) is 18.9 Å². The van der Waals surface area contributed by atoms with Gasteiger partial charge in [-0.05, 0) is 25.5 Å². The number of nitrogens with zero attached hydrogens (tertiary/aromatic N) is 3. The van der Waals surface area contributed by atoms with E-state index in [1.807, 2.05) is 37.3 Å². The van der Waals surface area contributed by atoms with Gasteiger partial charge in [0, 0.05) is 29.8 Å². The molecule has 0 amide bonds. The van der Waals surface area contributed by atoms with Gasteiger partial charge >= 0.3 is 0 Å². The highest BCUT2D eigenvalue weighted by molar-refractivity contribution is 5.81. The van der Waals surface area contributed by atoms with Crippen molar-refractivity contribution in [1.82, 2.24) is 9.55 Å². The lowest BCUT2D eigenvalue weighted by Gasteiger charge is -2.14. The Balaban J connectivity index is 2.20. The predicted octanol–water partition coefficient (Wildman–Crippen LogP) is 3.66. The van der Waals surface area contributed by atoms with Gasteiger partial charge in [-0.3, -0.25) is 10.1 Å². The smallest absolute Gasteiger partial charge is 0.273 e. The molecule has 0 spiro atoms. The van der Waals surface area contributed by atoms with Crippen molar-refractivity contribution in [1.29, 1.82) is 0 Å². The molecule has 24 heavy (non-hydrogen) atoms. The SMILES string of the molecule is CCC(N)Cn1c(-c2ccc(C)c([N+](=O)[O-])c2)nc2ccccc21. The number of imidazole rings is 1. The van der Waals surface area contributed by atoms with Crippen LogP contribution in [0.15, 0.2) is 42.5 Å². The molecule has 2 aromatic carbocycles. The van der Waals surface area contributed by atoms with Crippen molar-refractivity contribution in [2.45, 2.75) is 32.9 Å². The minimum absolute atomic E-state index is 0.00166. The summed E-state index contributed by atoms with van der Waals surface area (Å²) < 4.78 is 2.05. The van der Waals surface area contributed by atoms with Gasteiger partial charge in [0.25, 0.3) is 5.69 Å². The summed E-state index contributed by atoms with van der Waals surface area (Å²) in [7, 11) is 0. The first-order chi connectivity index (χ1) is 11.5. The van der Waals surface area contributed by atoms with Gasteiger partial charge in [-0.2, -0.15) is 0 Å². The summed E-state index contributed by atoms with van der Waals surface area (Å²) in [4.78, 5) is 15.6. The van der Waals surface area contributed by atoms with Gasteiger partial charge in [0.15, 0.2) is 0 Å². The number of hydrogen-bond donors (Lipinski definition) is 1. The van der Waals surface area contributed by atoms with Crippen molar-refractivity contribution >= 4 is 16.7 Å². The summed E-state index contributed by atoms with van der Waals surface area (Å²) in [6.45, 7) is 4.39. The van der Waals surface area contributed by atoms with Gasteiger partial charge in [-0.25, -0.2) is 4.98 Å². The molecule has 0 aliphatic rings. The standard InChI is InChI=1S/C18H20N4O2/c1-3-14(19)11-21-16-7-5-4-6-15(16)20-18(21)13-9-8-12(2)17(10-13)22(23)24/h4-10,14H,3,11,19H2,1-2H3. The predicted molar refractivity (Wildman–Crippen MR) is 94.8 cm³/mol. The highest BCUT2D eigenvalue weighted by Crippen LogP contribution is 2.29. The Kier molecular flexibility index (Phi) is 4.31. The third-order valence-corrected chi connectivity index (χ3v) is 4.26. The zero-order chi connectivity index (χ0) is 17.3. The molecule has 1 atom stereocenters. The number of nitro benzene ring substituents is 1. The van der Waals surface area contributed by atoms with E-state index < -0.39 is 0 Å². The van der Waals surface area contributed by atoms with Gasteiger partial charge in [0.1, 0.15) is 5.82 Å². The molecule has 6 nitrogen and oxygen atoms in total. The van der Waals surface area contributed by atoms with Crippen molar-refractivity contribution in [3.8, 4) is 11.4 Å². The molecule has 0 bridgehead atoms. The normalized spacial score (nSPS) is 12.5. The van der Waals surface area contributed by atoms with Crippen LogP contribution >= 0.6 is 0 Å². The number of para-hydroxylation sites is 2. The van der Waals surface area contributed by atoms with Crippen molar-refractivity contribution in [2.75, 3.05) is 0 Å². The molecule has 0 aliphatic carbocycles. The minimum atomic E-state index is -0.358. The highest BCUT2D eigenvalue weighted by atomic mass is 16.6. The van der Waals surface area contributed by atoms with Crippen molar-refractivity contribution < 1.29 is 4.92 Å². The van der Waals surface area contributed by atoms with Crippen molar-refractivity contribution in [2.24, 2.45) is 5.73 Å².